The number of rotatable bonds is 5. The van der Waals surface area contributed by atoms with Gasteiger partial charge in [0.2, 0.25) is 0 Å². The highest BCUT2D eigenvalue weighted by Gasteiger charge is 2.37. The van der Waals surface area contributed by atoms with Crippen molar-refractivity contribution in [2.75, 3.05) is 0 Å². The lowest BCUT2D eigenvalue weighted by Gasteiger charge is -2.20. The molecule has 6 rings (SSSR count). The molecular weight excluding hydrogens is 444 g/mol. The number of hydrogen-bond donors (Lipinski definition) is 0. The van der Waals surface area contributed by atoms with Gasteiger partial charge in [0.1, 0.15) is 0 Å². The molecule has 0 radical (unpaired) electrons. The Morgan fingerprint density at radius 1 is 0.941 bits per heavy atom. The van der Waals surface area contributed by atoms with Gasteiger partial charge in [0.05, 0.1) is 29.4 Å². The summed E-state index contributed by atoms with van der Waals surface area (Å²) in [5, 5.41) is 15.4. The molecule has 5 aromatic rings. The molecule has 0 N–H and O–H groups in total. The first kappa shape index (κ1) is 20.4. The Morgan fingerprint density at radius 2 is 1.74 bits per heavy atom. The minimum Gasteiger partial charge on any atom is -0.459 e. The highest BCUT2D eigenvalue weighted by Crippen LogP contribution is 2.39. The van der Waals surface area contributed by atoms with E-state index >= 15 is 0 Å². The van der Waals surface area contributed by atoms with E-state index in [1.165, 1.54) is 6.26 Å². The standard InChI is InChI=1S/C27H20N4O2S/c32-27(25-12-7-14-33-25)31-24(16-23(28-31)19-8-3-1-4-9-19)22-17-30(21-10-5-2-6-11-21)29-26(22)20-13-15-34-18-20/h1-15,17-18,24H,16H2. The fraction of sp³-hybridized carbons (Fsp3) is 0.0741. The number of para-hydroxylation sites is 1. The summed E-state index contributed by atoms with van der Waals surface area (Å²) in [6.07, 6.45) is 4.09. The summed E-state index contributed by atoms with van der Waals surface area (Å²) in [6, 6.07) is 25.1. The van der Waals surface area contributed by atoms with Crippen LogP contribution in [-0.4, -0.2) is 26.4 Å². The van der Waals surface area contributed by atoms with Crippen LogP contribution in [0, 0.1) is 0 Å². The molecule has 7 heteroatoms. The van der Waals surface area contributed by atoms with Gasteiger partial charge in [-0.3, -0.25) is 4.79 Å². The van der Waals surface area contributed by atoms with E-state index in [0.717, 1.165) is 33.8 Å². The first-order valence-corrected chi connectivity index (χ1v) is 11.9. The maximum Gasteiger partial charge on any atom is 0.310 e. The lowest BCUT2D eigenvalue weighted by molar-refractivity contribution is 0.0679. The van der Waals surface area contributed by atoms with Crippen molar-refractivity contribution in [1.82, 2.24) is 14.8 Å². The molecule has 166 valence electrons. The van der Waals surface area contributed by atoms with Crippen LogP contribution in [-0.2, 0) is 0 Å². The second-order valence-electron chi connectivity index (χ2n) is 7.98. The Hall–Kier alpha value is -4.23. The average Bonchev–Trinajstić information content (AvgIpc) is 3.70. The van der Waals surface area contributed by atoms with Gasteiger partial charge in [-0.1, -0.05) is 48.5 Å². The number of aromatic nitrogens is 2. The van der Waals surface area contributed by atoms with Crippen LogP contribution in [0.1, 0.15) is 34.1 Å². The molecule has 34 heavy (non-hydrogen) atoms. The van der Waals surface area contributed by atoms with Gasteiger partial charge in [0.25, 0.3) is 0 Å². The summed E-state index contributed by atoms with van der Waals surface area (Å²) in [6.45, 7) is 0. The molecule has 0 aliphatic carbocycles. The van der Waals surface area contributed by atoms with E-state index in [1.54, 1.807) is 28.5 Å². The summed E-state index contributed by atoms with van der Waals surface area (Å²) in [7, 11) is 0. The molecule has 0 bridgehead atoms. The van der Waals surface area contributed by atoms with Crippen LogP contribution in [0.5, 0.6) is 0 Å². The third-order valence-electron chi connectivity index (χ3n) is 5.87. The van der Waals surface area contributed by atoms with Gasteiger partial charge in [-0.25, -0.2) is 9.69 Å². The van der Waals surface area contributed by atoms with Gasteiger partial charge in [-0.2, -0.15) is 21.5 Å². The Balaban J connectivity index is 1.48. The monoisotopic (exact) mass is 464 g/mol. The Morgan fingerprint density at radius 3 is 2.44 bits per heavy atom. The van der Waals surface area contributed by atoms with Crippen molar-refractivity contribution in [3.05, 3.63) is 119 Å². The summed E-state index contributed by atoms with van der Waals surface area (Å²) in [5.74, 6) is -0.0137. The largest absolute Gasteiger partial charge is 0.459 e. The van der Waals surface area contributed by atoms with Crippen LogP contribution in [0.2, 0.25) is 0 Å². The van der Waals surface area contributed by atoms with Crippen LogP contribution in [0.15, 0.2) is 112 Å². The highest BCUT2D eigenvalue weighted by molar-refractivity contribution is 7.08. The van der Waals surface area contributed by atoms with Crippen molar-refractivity contribution in [2.45, 2.75) is 12.5 Å². The van der Waals surface area contributed by atoms with Crippen LogP contribution in [0.3, 0.4) is 0 Å². The zero-order chi connectivity index (χ0) is 22.9. The van der Waals surface area contributed by atoms with Crippen LogP contribution in [0.25, 0.3) is 16.9 Å². The van der Waals surface area contributed by atoms with Crippen LogP contribution in [0.4, 0.5) is 0 Å². The van der Waals surface area contributed by atoms with Crippen molar-refractivity contribution in [3.8, 4) is 16.9 Å². The molecule has 0 spiro atoms. The van der Waals surface area contributed by atoms with E-state index in [1.807, 2.05) is 76.9 Å². The van der Waals surface area contributed by atoms with E-state index in [0.29, 0.717) is 6.42 Å². The number of nitrogens with zero attached hydrogens (tertiary/aromatic N) is 4. The van der Waals surface area contributed by atoms with Gasteiger partial charge in [0, 0.05) is 29.1 Å². The van der Waals surface area contributed by atoms with Crippen molar-refractivity contribution in [1.29, 1.82) is 0 Å². The van der Waals surface area contributed by atoms with Gasteiger partial charge in [0.15, 0.2) is 5.76 Å². The Labute approximate surface area is 200 Å². The molecule has 1 aliphatic rings. The minimum absolute atomic E-state index is 0.260. The molecular formula is C27H20N4O2S. The number of carbonyl (C=O) groups excluding carboxylic acids is 1. The lowest BCUT2D eigenvalue weighted by atomic mass is 9.97. The lowest BCUT2D eigenvalue weighted by Crippen LogP contribution is -2.26. The summed E-state index contributed by atoms with van der Waals surface area (Å²) in [4.78, 5) is 13.4. The molecule has 0 saturated carbocycles. The zero-order valence-electron chi connectivity index (χ0n) is 18.1. The van der Waals surface area contributed by atoms with Crippen molar-refractivity contribution in [3.63, 3.8) is 0 Å². The Bertz CT molecular complexity index is 1440. The molecule has 0 saturated heterocycles. The highest BCUT2D eigenvalue weighted by atomic mass is 32.1. The molecule has 1 aliphatic heterocycles. The van der Waals surface area contributed by atoms with E-state index in [9.17, 15) is 4.79 Å². The van der Waals surface area contributed by atoms with Crippen LogP contribution >= 0.6 is 11.3 Å². The van der Waals surface area contributed by atoms with Gasteiger partial charge < -0.3 is 4.42 Å². The fourth-order valence-corrected chi connectivity index (χ4v) is 4.87. The summed E-state index contributed by atoms with van der Waals surface area (Å²) in [5.41, 5.74) is 5.61. The first-order chi connectivity index (χ1) is 16.8. The maximum absolute atomic E-state index is 13.4. The third-order valence-corrected chi connectivity index (χ3v) is 6.56. The predicted octanol–water partition coefficient (Wildman–Crippen LogP) is 6.19. The van der Waals surface area contributed by atoms with E-state index in [-0.39, 0.29) is 17.7 Å². The smallest absolute Gasteiger partial charge is 0.310 e. The van der Waals surface area contributed by atoms with Gasteiger partial charge in [-0.15, -0.1) is 0 Å². The minimum atomic E-state index is -0.319. The van der Waals surface area contributed by atoms with Gasteiger partial charge >= 0.3 is 5.91 Å². The SMILES string of the molecule is O=C(c1ccco1)N1N=C(c2ccccc2)CC1c1cn(-c2ccccc2)nc1-c1ccsc1. The normalized spacial score (nSPS) is 15.5. The number of furan rings is 1. The number of benzene rings is 2. The molecule has 1 amide bonds. The number of thiophene rings is 1. The second kappa shape index (κ2) is 8.61. The quantitative estimate of drug-likeness (QED) is 0.312. The van der Waals surface area contributed by atoms with E-state index in [2.05, 4.69) is 11.4 Å². The van der Waals surface area contributed by atoms with E-state index < -0.39 is 0 Å². The van der Waals surface area contributed by atoms with Crippen molar-refractivity contribution >= 4 is 23.0 Å². The number of hydrazone groups is 1. The maximum atomic E-state index is 13.4. The number of amides is 1. The van der Waals surface area contributed by atoms with Crippen LogP contribution < -0.4 is 0 Å². The summed E-state index contributed by atoms with van der Waals surface area (Å²) >= 11 is 1.62. The third kappa shape index (κ3) is 3.66. The molecule has 6 nitrogen and oxygen atoms in total. The molecule has 4 heterocycles. The molecule has 1 atom stereocenters. The van der Waals surface area contributed by atoms with Gasteiger partial charge in [-0.05, 0) is 41.3 Å². The number of hydrogen-bond acceptors (Lipinski definition) is 5. The molecule has 2 aromatic carbocycles. The topological polar surface area (TPSA) is 63.6 Å². The Kier molecular flexibility index (Phi) is 5.16. The molecule has 1 unspecified atom stereocenters. The molecule has 0 fully saturated rings. The fourth-order valence-electron chi connectivity index (χ4n) is 4.23. The first-order valence-electron chi connectivity index (χ1n) is 11.0. The predicted molar refractivity (Wildman–Crippen MR) is 132 cm³/mol. The zero-order valence-corrected chi connectivity index (χ0v) is 18.9. The van der Waals surface area contributed by atoms with E-state index in [4.69, 9.17) is 14.6 Å². The molecule has 3 aromatic heterocycles. The summed E-state index contributed by atoms with van der Waals surface area (Å²) < 4.78 is 7.30. The second-order valence-corrected chi connectivity index (χ2v) is 8.76. The van der Waals surface area contributed by atoms with Crippen molar-refractivity contribution < 1.29 is 9.21 Å². The average molecular weight is 465 g/mol. The van der Waals surface area contributed by atoms with Crippen molar-refractivity contribution in [2.24, 2.45) is 5.10 Å². The number of carbonyl (C=O) groups is 1.